The maximum absolute atomic E-state index is 12.9. The van der Waals surface area contributed by atoms with Crippen LogP contribution in [0.2, 0.25) is 0 Å². The molecule has 30 heavy (non-hydrogen) atoms. The number of nitrogens with one attached hydrogen (secondary N) is 1. The monoisotopic (exact) mass is 427 g/mol. The molecular weight excluding hydrogens is 402 g/mol. The molecule has 1 aromatic carbocycles. The Morgan fingerprint density at radius 1 is 1.20 bits per heavy atom. The van der Waals surface area contributed by atoms with Crippen LogP contribution in [-0.4, -0.2) is 57.8 Å². The van der Waals surface area contributed by atoms with Gasteiger partial charge >= 0.3 is 6.03 Å². The second kappa shape index (κ2) is 7.39. The minimum atomic E-state index is -0.980. The summed E-state index contributed by atoms with van der Waals surface area (Å²) in [6.07, 6.45) is 1.38. The molecule has 2 aromatic rings. The summed E-state index contributed by atoms with van der Waals surface area (Å²) in [6, 6.07) is 9.63. The highest BCUT2D eigenvalue weighted by molar-refractivity contribution is 7.13. The van der Waals surface area contributed by atoms with Crippen LogP contribution in [0, 0.1) is 0 Å². The number of amides is 4. The van der Waals surface area contributed by atoms with Crippen LogP contribution in [0.3, 0.4) is 0 Å². The fraction of sp³-hybridized carbons (Fsp3) is 0.429. The third-order valence-corrected chi connectivity index (χ3v) is 6.72. The number of thiazole rings is 1. The zero-order chi connectivity index (χ0) is 21.5. The van der Waals surface area contributed by atoms with Crippen molar-refractivity contribution in [3.63, 3.8) is 0 Å². The van der Waals surface area contributed by atoms with Crippen LogP contribution < -0.4 is 11.1 Å². The van der Waals surface area contributed by atoms with Crippen molar-refractivity contribution in [1.29, 1.82) is 0 Å². The standard InChI is InChI=1S/C21H25N5O3S/c1-20(2)17(28)26(19(29)24-20)12-16(27)25-10-8-21(9-11-25,14-6-4-3-5-7-14)15-13-30-18(22)23-15/h3-7,13H,8-12H2,1-2H3,(H2,22,23)(H,24,29). The van der Waals surface area contributed by atoms with Gasteiger partial charge in [-0.15, -0.1) is 11.3 Å². The predicted octanol–water partition coefficient (Wildman–Crippen LogP) is 1.96. The summed E-state index contributed by atoms with van der Waals surface area (Å²) in [4.78, 5) is 44.6. The number of nitrogens with zero attached hydrogens (tertiary/aromatic N) is 3. The SMILES string of the molecule is CC1(C)NC(=O)N(CC(=O)N2CCC(c3ccccc3)(c3csc(N)n3)CC2)C1=O. The molecule has 2 saturated heterocycles. The van der Waals surface area contributed by atoms with Crippen molar-refractivity contribution in [3.8, 4) is 0 Å². The van der Waals surface area contributed by atoms with Gasteiger partial charge in [-0.1, -0.05) is 30.3 Å². The summed E-state index contributed by atoms with van der Waals surface area (Å²) < 4.78 is 0. The molecule has 0 unspecified atom stereocenters. The number of aromatic nitrogens is 1. The summed E-state index contributed by atoms with van der Waals surface area (Å²) >= 11 is 1.42. The average molecular weight is 428 g/mol. The summed E-state index contributed by atoms with van der Waals surface area (Å²) in [5.41, 5.74) is 6.70. The Balaban J connectivity index is 1.50. The van der Waals surface area contributed by atoms with Gasteiger partial charge in [0.15, 0.2) is 5.13 Å². The largest absolute Gasteiger partial charge is 0.375 e. The molecule has 0 saturated carbocycles. The van der Waals surface area contributed by atoms with Crippen LogP contribution in [0.4, 0.5) is 9.93 Å². The Morgan fingerprint density at radius 2 is 1.87 bits per heavy atom. The molecule has 3 heterocycles. The number of carbonyl (C=O) groups excluding carboxylic acids is 3. The van der Waals surface area contributed by atoms with Gasteiger partial charge in [-0.2, -0.15) is 0 Å². The van der Waals surface area contributed by atoms with Crippen LogP contribution in [0.1, 0.15) is 37.9 Å². The van der Waals surface area contributed by atoms with Crippen molar-refractivity contribution in [2.45, 2.75) is 37.6 Å². The van der Waals surface area contributed by atoms with E-state index < -0.39 is 11.6 Å². The quantitative estimate of drug-likeness (QED) is 0.725. The molecule has 0 spiro atoms. The lowest BCUT2D eigenvalue weighted by Gasteiger charge is -2.41. The van der Waals surface area contributed by atoms with E-state index in [1.807, 2.05) is 23.6 Å². The molecule has 9 heteroatoms. The molecule has 0 aliphatic carbocycles. The molecule has 1 aromatic heterocycles. The van der Waals surface area contributed by atoms with Crippen molar-refractivity contribution in [2.75, 3.05) is 25.4 Å². The fourth-order valence-corrected chi connectivity index (χ4v) is 4.95. The van der Waals surface area contributed by atoms with Gasteiger partial charge in [-0.05, 0) is 32.3 Å². The lowest BCUT2D eigenvalue weighted by Crippen LogP contribution is -2.50. The molecule has 158 valence electrons. The second-order valence-electron chi connectivity index (χ2n) is 8.35. The number of hydrogen-bond donors (Lipinski definition) is 2. The minimum Gasteiger partial charge on any atom is -0.375 e. The first-order valence-corrected chi connectivity index (χ1v) is 10.8. The summed E-state index contributed by atoms with van der Waals surface area (Å²) in [5, 5.41) is 5.13. The highest BCUT2D eigenvalue weighted by Crippen LogP contribution is 2.42. The lowest BCUT2D eigenvalue weighted by molar-refractivity contribution is -0.139. The molecule has 0 bridgehead atoms. The maximum atomic E-state index is 12.9. The third kappa shape index (κ3) is 3.43. The predicted molar refractivity (Wildman–Crippen MR) is 114 cm³/mol. The van der Waals surface area contributed by atoms with E-state index in [0.717, 1.165) is 16.2 Å². The number of nitrogen functional groups attached to an aromatic ring is 1. The number of nitrogens with two attached hydrogens (primary N) is 1. The minimum absolute atomic E-state index is 0.226. The molecule has 4 amide bonds. The number of piperidine rings is 1. The van der Waals surface area contributed by atoms with Gasteiger partial charge in [0.05, 0.1) is 5.69 Å². The van der Waals surface area contributed by atoms with Crippen LogP contribution in [-0.2, 0) is 15.0 Å². The number of likely N-dealkylation sites (tertiary alicyclic amines) is 1. The van der Waals surface area contributed by atoms with Gasteiger partial charge in [-0.3, -0.25) is 14.5 Å². The van der Waals surface area contributed by atoms with E-state index in [0.29, 0.717) is 31.1 Å². The van der Waals surface area contributed by atoms with Crippen molar-refractivity contribution in [3.05, 3.63) is 47.0 Å². The lowest BCUT2D eigenvalue weighted by atomic mass is 9.70. The Kier molecular flexibility index (Phi) is 5.01. The molecule has 2 fully saturated rings. The van der Waals surface area contributed by atoms with Crippen molar-refractivity contribution in [2.24, 2.45) is 0 Å². The van der Waals surface area contributed by atoms with E-state index in [2.05, 4.69) is 22.4 Å². The summed E-state index contributed by atoms with van der Waals surface area (Å²) in [7, 11) is 0. The van der Waals surface area contributed by atoms with E-state index in [-0.39, 0.29) is 23.8 Å². The average Bonchev–Trinajstić information content (AvgIpc) is 3.25. The molecule has 2 aliphatic heterocycles. The van der Waals surface area contributed by atoms with Crippen LogP contribution in [0.15, 0.2) is 35.7 Å². The first kappa shape index (κ1) is 20.3. The molecule has 2 aliphatic rings. The Hall–Kier alpha value is -2.94. The van der Waals surface area contributed by atoms with E-state index >= 15 is 0 Å². The van der Waals surface area contributed by atoms with Gasteiger partial charge in [0, 0.05) is 23.9 Å². The number of hydrogen-bond acceptors (Lipinski definition) is 6. The fourth-order valence-electron chi connectivity index (χ4n) is 4.29. The smallest absolute Gasteiger partial charge is 0.325 e. The summed E-state index contributed by atoms with van der Waals surface area (Å²) in [6.45, 7) is 4.05. The normalized spacial score (nSPS) is 20.3. The van der Waals surface area contributed by atoms with Gasteiger partial charge in [0.25, 0.3) is 5.91 Å². The highest BCUT2D eigenvalue weighted by atomic mass is 32.1. The van der Waals surface area contributed by atoms with Crippen LogP contribution >= 0.6 is 11.3 Å². The molecule has 0 radical (unpaired) electrons. The Morgan fingerprint density at radius 3 is 2.40 bits per heavy atom. The van der Waals surface area contributed by atoms with Crippen molar-refractivity contribution >= 4 is 34.3 Å². The second-order valence-corrected chi connectivity index (χ2v) is 9.24. The van der Waals surface area contributed by atoms with Crippen LogP contribution in [0.5, 0.6) is 0 Å². The van der Waals surface area contributed by atoms with Crippen molar-refractivity contribution < 1.29 is 14.4 Å². The van der Waals surface area contributed by atoms with E-state index in [4.69, 9.17) is 5.73 Å². The highest BCUT2D eigenvalue weighted by Gasteiger charge is 2.46. The molecule has 3 N–H and O–H groups in total. The first-order chi connectivity index (χ1) is 14.2. The Labute approximate surface area is 179 Å². The molecule has 4 rings (SSSR count). The van der Waals surface area contributed by atoms with Gasteiger partial charge in [-0.25, -0.2) is 9.78 Å². The maximum Gasteiger partial charge on any atom is 0.325 e. The zero-order valence-corrected chi connectivity index (χ0v) is 17.9. The van der Waals surface area contributed by atoms with Gasteiger partial charge < -0.3 is 16.0 Å². The number of benzene rings is 1. The van der Waals surface area contributed by atoms with Crippen LogP contribution in [0.25, 0.3) is 0 Å². The zero-order valence-electron chi connectivity index (χ0n) is 17.1. The number of imide groups is 1. The number of carbonyl (C=O) groups is 3. The van der Waals surface area contributed by atoms with E-state index in [1.54, 1.807) is 18.7 Å². The molecule has 8 nitrogen and oxygen atoms in total. The Bertz CT molecular complexity index is 980. The first-order valence-electron chi connectivity index (χ1n) is 9.92. The van der Waals surface area contributed by atoms with Gasteiger partial charge in [0.2, 0.25) is 5.91 Å². The number of rotatable bonds is 4. The van der Waals surface area contributed by atoms with E-state index in [9.17, 15) is 14.4 Å². The van der Waals surface area contributed by atoms with Crippen molar-refractivity contribution in [1.82, 2.24) is 20.1 Å². The topological polar surface area (TPSA) is 109 Å². The van der Waals surface area contributed by atoms with Gasteiger partial charge in [0.1, 0.15) is 12.1 Å². The van der Waals surface area contributed by atoms with E-state index in [1.165, 1.54) is 11.3 Å². The molecule has 0 atom stereocenters. The number of anilines is 1. The number of urea groups is 1. The third-order valence-electron chi connectivity index (χ3n) is 6.05. The summed E-state index contributed by atoms with van der Waals surface area (Å²) in [5.74, 6) is -0.606. The molecular formula is C21H25N5O3S.